The average Bonchev–Trinajstić information content (AvgIpc) is 2.02. The summed E-state index contributed by atoms with van der Waals surface area (Å²) in [4.78, 5) is 9.73. The van der Waals surface area contributed by atoms with E-state index < -0.39 is 0 Å². The van der Waals surface area contributed by atoms with Crippen LogP contribution in [0, 0.1) is 5.92 Å². The third-order valence-electron chi connectivity index (χ3n) is 1.58. The predicted octanol–water partition coefficient (Wildman–Crippen LogP) is 2.54. The van der Waals surface area contributed by atoms with E-state index in [1.807, 2.05) is 6.08 Å². The van der Waals surface area contributed by atoms with E-state index in [9.17, 15) is 4.79 Å². The van der Waals surface area contributed by atoms with Gasteiger partial charge in [0, 0.05) is 0 Å². The summed E-state index contributed by atoms with van der Waals surface area (Å²) in [6, 6.07) is 0. The van der Waals surface area contributed by atoms with Gasteiger partial charge in [-0.3, -0.25) is 4.79 Å². The highest BCUT2D eigenvalue weighted by molar-refractivity contribution is 5.37. The topological polar surface area (TPSA) is 26.3 Å². The molecule has 0 aliphatic heterocycles. The van der Waals surface area contributed by atoms with E-state index in [1.54, 1.807) is 0 Å². The average molecular weight is 170 g/mol. The van der Waals surface area contributed by atoms with Crippen LogP contribution in [0.1, 0.15) is 33.1 Å². The van der Waals surface area contributed by atoms with E-state index in [2.05, 4.69) is 24.7 Å². The number of carbonyl (C=O) groups excluding carboxylic acids is 1. The van der Waals surface area contributed by atoms with Crippen LogP contribution in [0.5, 0.6) is 0 Å². The van der Waals surface area contributed by atoms with E-state index in [1.165, 1.54) is 12.8 Å². The van der Waals surface area contributed by atoms with Crippen molar-refractivity contribution in [3.63, 3.8) is 0 Å². The molecule has 2 nitrogen and oxygen atoms in total. The smallest absolute Gasteiger partial charge is 0.293 e. The first-order valence-electron chi connectivity index (χ1n) is 4.47. The van der Waals surface area contributed by atoms with Crippen LogP contribution in [0.2, 0.25) is 0 Å². The van der Waals surface area contributed by atoms with Gasteiger partial charge in [-0.2, -0.15) is 0 Å². The van der Waals surface area contributed by atoms with Crippen molar-refractivity contribution in [2.75, 3.05) is 6.61 Å². The molecule has 0 amide bonds. The van der Waals surface area contributed by atoms with Crippen LogP contribution in [0.3, 0.4) is 0 Å². The minimum absolute atomic E-state index is 0.408. The summed E-state index contributed by atoms with van der Waals surface area (Å²) in [6.07, 6.45) is 7.51. The Morgan fingerprint density at radius 1 is 1.33 bits per heavy atom. The molecule has 0 radical (unpaired) electrons. The molecule has 0 bridgehead atoms. The fourth-order valence-electron chi connectivity index (χ4n) is 0.925. The number of carbonyl (C=O) groups is 1. The van der Waals surface area contributed by atoms with Crippen LogP contribution in [-0.4, -0.2) is 13.1 Å². The lowest BCUT2D eigenvalue weighted by molar-refractivity contribution is -0.127. The Labute approximate surface area is 74.6 Å². The predicted molar refractivity (Wildman–Crippen MR) is 49.8 cm³/mol. The van der Waals surface area contributed by atoms with Crippen molar-refractivity contribution in [2.45, 2.75) is 33.1 Å². The van der Waals surface area contributed by atoms with Gasteiger partial charge in [-0.15, -0.1) is 0 Å². The second-order valence-electron chi connectivity index (χ2n) is 3.23. The molecule has 0 aliphatic rings. The summed E-state index contributed by atoms with van der Waals surface area (Å²) in [5.74, 6) is 0.782. The summed E-state index contributed by atoms with van der Waals surface area (Å²) < 4.78 is 4.49. The lowest BCUT2D eigenvalue weighted by atomic mass is 10.1. The van der Waals surface area contributed by atoms with Crippen molar-refractivity contribution in [3.05, 3.63) is 12.2 Å². The SMILES string of the molecule is CC(C)CCC/C=C\COC=O. The largest absolute Gasteiger partial charge is 0.464 e. The van der Waals surface area contributed by atoms with Crippen molar-refractivity contribution in [1.82, 2.24) is 0 Å². The van der Waals surface area contributed by atoms with Crippen LogP contribution in [-0.2, 0) is 9.53 Å². The Morgan fingerprint density at radius 2 is 2.08 bits per heavy atom. The summed E-state index contributed by atoms with van der Waals surface area (Å²) >= 11 is 0. The van der Waals surface area contributed by atoms with E-state index >= 15 is 0 Å². The summed E-state index contributed by atoms with van der Waals surface area (Å²) in [7, 11) is 0. The minimum Gasteiger partial charge on any atom is -0.464 e. The van der Waals surface area contributed by atoms with Gasteiger partial charge in [-0.1, -0.05) is 32.4 Å². The van der Waals surface area contributed by atoms with Crippen LogP contribution in [0.4, 0.5) is 0 Å². The standard InChI is InChI=1S/C10H18O2/c1-10(2)7-5-3-4-6-8-12-9-11/h4,6,9-10H,3,5,7-8H2,1-2H3/b6-4-. The highest BCUT2D eigenvalue weighted by Gasteiger charge is 1.90. The fraction of sp³-hybridized carbons (Fsp3) is 0.700. The molecule has 0 saturated heterocycles. The van der Waals surface area contributed by atoms with Gasteiger partial charge in [-0.05, 0) is 18.8 Å². The molecule has 0 unspecified atom stereocenters. The molecule has 0 aromatic carbocycles. The zero-order valence-corrected chi connectivity index (χ0v) is 7.95. The van der Waals surface area contributed by atoms with Gasteiger partial charge in [0.15, 0.2) is 0 Å². The van der Waals surface area contributed by atoms with Gasteiger partial charge in [-0.25, -0.2) is 0 Å². The molecular weight excluding hydrogens is 152 g/mol. The van der Waals surface area contributed by atoms with Gasteiger partial charge in [0.1, 0.15) is 6.61 Å². The molecule has 12 heavy (non-hydrogen) atoms. The Bertz CT molecular complexity index is 128. The van der Waals surface area contributed by atoms with Crippen molar-refractivity contribution >= 4 is 6.47 Å². The summed E-state index contributed by atoms with van der Waals surface area (Å²) in [6.45, 7) is 5.32. The molecular formula is C10H18O2. The first-order chi connectivity index (χ1) is 5.77. The van der Waals surface area contributed by atoms with Crippen LogP contribution in [0.25, 0.3) is 0 Å². The molecule has 2 heteroatoms. The molecule has 0 aliphatic carbocycles. The third kappa shape index (κ3) is 9.21. The maximum absolute atomic E-state index is 9.73. The van der Waals surface area contributed by atoms with Gasteiger partial charge < -0.3 is 4.74 Å². The van der Waals surface area contributed by atoms with Gasteiger partial charge in [0.25, 0.3) is 6.47 Å². The van der Waals surface area contributed by atoms with Crippen LogP contribution >= 0.6 is 0 Å². The Kier molecular flexibility index (Phi) is 7.76. The van der Waals surface area contributed by atoms with E-state index in [0.29, 0.717) is 13.1 Å². The molecule has 0 saturated carbocycles. The molecule has 0 aromatic heterocycles. The Morgan fingerprint density at radius 3 is 2.67 bits per heavy atom. The molecule has 0 heterocycles. The number of allylic oxidation sites excluding steroid dienone is 1. The van der Waals surface area contributed by atoms with Crippen molar-refractivity contribution in [1.29, 1.82) is 0 Å². The quantitative estimate of drug-likeness (QED) is 0.333. The van der Waals surface area contributed by atoms with Gasteiger partial charge in [0.05, 0.1) is 0 Å². The minimum atomic E-state index is 0.408. The molecule has 0 atom stereocenters. The number of hydrogen-bond acceptors (Lipinski definition) is 2. The highest BCUT2D eigenvalue weighted by Crippen LogP contribution is 2.06. The molecule has 0 spiro atoms. The van der Waals surface area contributed by atoms with Gasteiger partial charge in [0.2, 0.25) is 0 Å². The normalized spacial score (nSPS) is 10.9. The van der Waals surface area contributed by atoms with E-state index in [4.69, 9.17) is 0 Å². The number of hydrogen-bond donors (Lipinski definition) is 0. The zero-order chi connectivity index (χ0) is 9.23. The number of ether oxygens (including phenoxy) is 1. The Balaban J connectivity index is 3.07. The van der Waals surface area contributed by atoms with Crippen molar-refractivity contribution in [3.8, 4) is 0 Å². The molecule has 0 aromatic rings. The lowest BCUT2D eigenvalue weighted by Gasteiger charge is -2.00. The maximum atomic E-state index is 9.73. The second-order valence-corrected chi connectivity index (χ2v) is 3.23. The highest BCUT2D eigenvalue weighted by atomic mass is 16.5. The zero-order valence-electron chi connectivity index (χ0n) is 7.95. The molecule has 0 fully saturated rings. The van der Waals surface area contributed by atoms with E-state index in [-0.39, 0.29) is 0 Å². The summed E-state index contributed by atoms with van der Waals surface area (Å²) in [5, 5.41) is 0. The van der Waals surface area contributed by atoms with Crippen LogP contribution < -0.4 is 0 Å². The third-order valence-corrected chi connectivity index (χ3v) is 1.58. The monoisotopic (exact) mass is 170 g/mol. The second kappa shape index (κ2) is 8.31. The summed E-state index contributed by atoms with van der Waals surface area (Å²) in [5.41, 5.74) is 0. The lowest BCUT2D eigenvalue weighted by Crippen LogP contribution is -1.87. The molecule has 0 rings (SSSR count). The number of rotatable bonds is 7. The molecule has 70 valence electrons. The van der Waals surface area contributed by atoms with Crippen molar-refractivity contribution < 1.29 is 9.53 Å². The van der Waals surface area contributed by atoms with Crippen molar-refractivity contribution in [2.24, 2.45) is 5.92 Å². The first-order valence-corrected chi connectivity index (χ1v) is 4.47. The van der Waals surface area contributed by atoms with Gasteiger partial charge >= 0.3 is 0 Å². The fourth-order valence-corrected chi connectivity index (χ4v) is 0.925. The number of unbranched alkanes of at least 4 members (excludes halogenated alkanes) is 1. The maximum Gasteiger partial charge on any atom is 0.293 e. The Hall–Kier alpha value is -0.790. The van der Waals surface area contributed by atoms with E-state index in [0.717, 1.165) is 12.3 Å². The first kappa shape index (κ1) is 11.2. The van der Waals surface area contributed by atoms with Crippen LogP contribution in [0.15, 0.2) is 12.2 Å². The molecule has 0 N–H and O–H groups in total.